The molecule has 0 saturated heterocycles. The van der Waals surface area contributed by atoms with Crippen molar-refractivity contribution < 1.29 is 0 Å². The van der Waals surface area contributed by atoms with Crippen molar-refractivity contribution in [1.29, 1.82) is 5.26 Å². The van der Waals surface area contributed by atoms with E-state index in [1.54, 1.807) is 0 Å². The van der Waals surface area contributed by atoms with E-state index < -0.39 is 5.54 Å². The Morgan fingerprint density at radius 3 is 1.86 bits per heavy atom. The van der Waals surface area contributed by atoms with E-state index in [-0.39, 0.29) is 5.92 Å². The summed E-state index contributed by atoms with van der Waals surface area (Å²) in [5.74, 6) is 0.0329. The standard InChI is InChI=1S/C19H20N2/c1-19(14-20,21-17-12-13-17)18(15-8-4-2-5-9-15)16-10-6-3-7-11-16/h2-11,17-18,21H,12-13H2,1H3. The molecule has 1 aliphatic rings. The Hall–Kier alpha value is -2.11. The molecule has 2 aromatic rings. The minimum absolute atomic E-state index is 0.0329. The van der Waals surface area contributed by atoms with Gasteiger partial charge in [0.25, 0.3) is 0 Å². The van der Waals surface area contributed by atoms with Gasteiger partial charge in [-0.1, -0.05) is 60.7 Å². The van der Waals surface area contributed by atoms with Crippen molar-refractivity contribution in [3.63, 3.8) is 0 Å². The molecule has 0 heterocycles. The molecule has 1 unspecified atom stereocenters. The highest BCUT2D eigenvalue weighted by Gasteiger charge is 2.40. The lowest BCUT2D eigenvalue weighted by atomic mass is 9.76. The first kappa shape index (κ1) is 13.9. The molecule has 0 aliphatic heterocycles. The molecule has 0 spiro atoms. The maximum atomic E-state index is 9.84. The normalized spacial score (nSPS) is 17.2. The van der Waals surface area contributed by atoms with Gasteiger partial charge in [0.15, 0.2) is 0 Å². The average molecular weight is 276 g/mol. The number of nitrogens with one attached hydrogen (secondary N) is 1. The predicted molar refractivity (Wildman–Crippen MR) is 84.9 cm³/mol. The lowest BCUT2D eigenvalue weighted by Crippen LogP contribution is -2.48. The SMILES string of the molecule is CC(C#N)(NC1CC1)C(c1ccccc1)c1ccccc1. The van der Waals surface area contributed by atoms with E-state index in [0.717, 1.165) is 0 Å². The second-order valence-corrected chi connectivity index (χ2v) is 5.99. The molecule has 3 rings (SSSR count). The molecule has 2 nitrogen and oxygen atoms in total. The summed E-state index contributed by atoms with van der Waals surface area (Å²) in [6, 6.07) is 23.7. The molecule has 0 radical (unpaired) electrons. The van der Waals surface area contributed by atoms with Crippen LogP contribution in [-0.4, -0.2) is 11.6 Å². The van der Waals surface area contributed by atoms with Gasteiger partial charge in [-0.05, 0) is 30.9 Å². The zero-order valence-electron chi connectivity index (χ0n) is 12.3. The Labute approximate surface area is 126 Å². The largest absolute Gasteiger partial charge is 0.296 e. The monoisotopic (exact) mass is 276 g/mol. The quantitative estimate of drug-likeness (QED) is 0.900. The molecule has 21 heavy (non-hydrogen) atoms. The molecular weight excluding hydrogens is 256 g/mol. The number of hydrogen-bond donors (Lipinski definition) is 1. The Balaban J connectivity index is 2.05. The zero-order chi connectivity index (χ0) is 14.7. The van der Waals surface area contributed by atoms with Crippen LogP contribution in [0.25, 0.3) is 0 Å². The van der Waals surface area contributed by atoms with E-state index in [4.69, 9.17) is 0 Å². The smallest absolute Gasteiger partial charge is 0.115 e. The molecule has 1 atom stereocenters. The van der Waals surface area contributed by atoms with Crippen LogP contribution in [0.5, 0.6) is 0 Å². The Bertz CT molecular complexity index is 586. The summed E-state index contributed by atoms with van der Waals surface area (Å²) in [5, 5.41) is 13.4. The Kier molecular flexibility index (Phi) is 3.77. The van der Waals surface area contributed by atoms with Gasteiger partial charge in [0.2, 0.25) is 0 Å². The number of hydrogen-bond acceptors (Lipinski definition) is 2. The number of benzene rings is 2. The minimum Gasteiger partial charge on any atom is -0.296 e. The fraction of sp³-hybridized carbons (Fsp3) is 0.316. The zero-order valence-corrected chi connectivity index (χ0v) is 12.3. The molecule has 1 saturated carbocycles. The predicted octanol–water partition coefficient (Wildman–Crippen LogP) is 3.85. The highest BCUT2D eigenvalue weighted by Crippen LogP contribution is 2.37. The molecule has 0 bridgehead atoms. The molecular formula is C19H20N2. The van der Waals surface area contributed by atoms with Gasteiger partial charge in [0.05, 0.1) is 6.07 Å². The first-order valence-corrected chi connectivity index (χ1v) is 7.52. The third-order valence-electron chi connectivity index (χ3n) is 4.16. The van der Waals surface area contributed by atoms with Gasteiger partial charge in [-0.25, -0.2) is 0 Å². The first-order valence-electron chi connectivity index (χ1n) is 7.52. The minimum atomic E-state index is -0.593. The van der Waals surface area contributed by atoms with Gasteiger partial charge in [-0.15, -0.1) is 0 Å². The summed E-state index contributed by atoms with van der Waals surface area (Å²) in [6.07, 6.45) is 2.35. The van der Waals surface area contributed by atoms with Crippen LogP contribution in [0.15, 0.2) is 60.7 Å². The van der Waals surface area contributed by atoms with E-state index in [2.05, 4.69) is 35.7 Å². The van der Waals surface area contributed by atoms with Gasteiger partial charge >= 0.3 is 0 Å². The molecule has 106 valence electrons. The summed E-state index contributed by atoms with van der Waals surface area (Å²) in [5.41, 5.74) is 1.77. The highest BCUT2D eigenvalue weighted by atomic mass is 15.0. The summed E-state index contributed by atoms with van der Waals surface area (Å²) in [7, 11) is 0. The van der Waals surface area contributed by atoms with Gasteiger partial charge in [-0.3, -0.25) is 5.32 Å². The van der Waals surface area contributed by atoms with Gasteiger partial charge in [0, 0.05) is 12.0 Å². The summed E-state index contributed by atoms with van der Waals surface area (Å²) < 4.78 is 0. The van der Waals surface area contributed by atoms with Crippen LogP contribution in [0.4, 0.5) is 0 Å². The van der Waals surface area contributed by atoms with Crippen molar-refractivity contribution in [2.45, 2.75) is 37.3 Å². The fourth-order valence-electron chi connectivity index (χ4n) is 2.98. The van der Waals surface area contributed by atoms with Crippen LogP contribution in [0.1, 0.15) is 36.8 Å². The highest BCUT2D eigenvalue weighted by molar-refractivity contribution is 5.40. The van der Waals surface area contributed by atoms with Crippen molar-refractivity contribution >= 4 is 0 Å². The van der Waals surface area contributed by atoms with Gasteiger partial charge in [0.1, 0.15) is 5.54 Å². The van der Waals surface area contributed by atoms with Crippen LogP contribution in [0.2, 0.25) is 0 Å². The first-order chi connectivity index (χ1) is 10.2. The van der Waals surface area contributed by atoms with Crippen molar-refractivity contribution in [2.24, 2.45) is 0 Å². The van der Waals surface area contributed by atoms with Crippen LogP contribution < -0.4 is 5.32 Å². The van der Waals surface area contributed by atoms with Crippen molar-refractivity contribution in [2.75, 3.05) is 0 Å². The van der Waals surface area contributed by atoms with Crippen LogP contribution >= 0.6 is 0 Å². The maximum absolute atomic E-state index is 9.84. The van der Waals surface area contributed by atoms with Crippen LogP contribution in [-0.2, 0) is 0 Å². The van der Waals surface area contributed by atoms with Crippen LogP contribution in [0.3, 0.4) is 0 Å². The van der Waals surface area contributed by atoms with E-state index >= 15 is 0 Å². The summed E-state index contributed by atoms with van der Waals surface area (Å²) in [4.78, 5) is 0. The fourth-order valence-corrected chi connectivity index (χ4v) is 2.98. The molecule has 0 aromatic heterocycles. The van der Waals surface area contributed by atoms with Crippen molar-refractivity contribution in [1.82, 2.24) is 5.32 Å². The van der Waals surface area contributed by atoms with Crippen LogP contribution in [0, 0.1) is 11.3 Å². The Morgan fingerprint density at radius 2 is 1.48 bits per heavy atom. The van der Waals surface area contributed by atoms with Crippen molar-refractivity contribution in [3.8, 4) is 6.07 Å². The van der Waals surface area contributed by atoms with E-state index in [1.807, 2.05) is 43.3 Å². The maximum Gasteiger partial charge on any atom is 0.115 e. The van der Waals surface area contributed by atoms with E-state index in [9.17, 15) is 5.26 Å². The number of nitrogens with zero attached hydrogens (tertiary/aromatic N) is 1. The summed E-state index contributed by atoms with van der Waals surface area (Å²) in [6.45, 7) is 2.02. The lowest BCUT2D eigenvalue weighted by molar-refractivity contribution is 0.399. The molecule has 1 N–H and O–H groups in total. The third kappa shape index (κ3) is 2.99. The van der Waals surface area contributed by atoms with E-state index in [0.29, 0.717) is 6.04 Å². The third-order valence-corrected chi connectivity index (χ3v) is 4.16. The molecule has 2 aromatic carbocycles. The van der Waals surface area contributed by atoms with Gasteiger partial charge < -0.3 is 0 Å². The Morgan fingerprint density at radius 1 is 1.00 bits per heavy atom. The van der Waals surface area contributed by atoms with Crippen molar-refractivity contribution in [3.05, 3.63) is 71.8 Å². The van der Waals surface area contributed by atoms with Gasteiger partial charge in [-0.2, -0.15) is 5.26 Å². The molecule has 2 heteroatoms. The average Bonchev–Trinajstić information content (AvgIpc) is 3.33. The number of nitriles is 1. The summed E-state index contributed by atoms with van der Waals surface area (Å²) >= 11 is 0. The topological polar surface area (TPSA) is 35.8 Å². The number of rotatable bonds is 5. The second kappa shape index (κ2) is 5.71. The molecule has 1 fully saturated rings. The molecule has 0 amide bonds. The lowest BCUT2D eigenvalue weighted by Gasteiger charge is -2.33. The van der Waals surface area contributed by atoms with E-state index in [1.165, 1.54) is 24.0 Å². The molecule has 1 aliphatic carbocycles. The second-order valence-electron chi connectivity index (χ2n) is 5.99.